The first kappa shape index (κ1) is 72.6. The van der Waals surface area contributed by atoms with Crippen LogP contribution < -0.4 is 58.6 Å². The molecule has 2 fully saturated rings. The summed E-state index contributed by atoms with van der Waals surface area (Å²) < 4.78 is 62.4. The van der Waals surface area contributed by atoms with Crippen molar-refractivity contribution in [2.45, 2.75) is 139 Å². The molecule has 0 spiro atoms. The second-order valence-electron chi connectivity index (χ2n) is 28.8. The van der Waals surface area contributed by atoms with Gasteiger partial charge in [-0.3, -0.25) is 28.8 Å². The van der Waals surface area contributed by atoms with Crippen LogP contribution in [0.25, 0.3) is 32.3 Å². The van der Waals surface area contributed by atoms with E-state index in [9.17, 15) is 39.0 Å². The van der Waals surface area contributed by atoms with E-state index in [1.807, 2.05) is 127 Å². The van der Waals surface area contributed by atoms with Crippen LogP contribution in [-0.4, -0.2) is 91.6 Å². The molecule has 2 saturated carbocycles. The van der Waals surface area contributed by atoms with Crippen LogP contribution in [0.5, 0.6) is 51.7 Å². The van der Waals surface area contributed by atoms with Crippen molar-refractivity contribution in [3.8, 4) is 51.7 Å². The second kappa shape index (κ2) is 32.6. The minimum absolute atomic E-state index is 0.0460. The number of carboxylic acid groups (broad SMARTS) is 2. The number of hydrogen-bond donors (Lipinski definition) is 5. The van der Waals surface area contributed by atoms with Crippen LogP contribution in [0.2, 0.25) is 0 Å². The lowest BCUT2D eigenvalue weighted by molar-refractivity contribution is -0.142. The van der Waals surface area contributed by atoms with Gasteiger partial charge in [0.05, 0.1) is 25.9 Å². The fourth-order valence-corrected chi connectivity index (χ4v) is 15.8. The van der Waals surface area contributed by atoms with Crippen molar-refractivity contribution in [1.29, 1.82) is 0 Å². The van der Waals surface area contributed by atoms with E-state index >= 15 is 0 Å². The smallest absolute Gasteiger partial charge is 0.307 e. The second-order valence-corrected chi connectivity index (χ2v) is 28.8. The maximum atomic E-state index is 13.7. The fraction of sp³-hybridized carbons (Fsp3) is 0.318. The Balaban J connectivity index is 0.748. The average molecular weight is 1470 g/mol. The van der Waals surface area contributed by atoms with Gasteiger partial charge in [0.1, 0.15) is 17.2 Å². The van der Waals surface area contributed by atoms with E-state index in [2.05, 4.69) is 16.0 Å². The molecule has 10 aromatic carbocycles. The number of nitrogens with one attached hydrogen (secondary N) is 3. The molecule has 10 aromatic rings. The van der Waals surface area contributed by atoms with Gasteiger partial charge in [0, 0.05) is 46.7 Å². The van der Waals surface area contributed by atoms with E-state index in [1.165, 1.54) is 7.11 Å². The highest BCUT2D eigenvalue weighted by atomic mass is 16.7. The molecule has 21 heteroatoms. The molecule has 21 nitrogen and oxygen atoms in total. The summed E-state index contributed by atoms with van der Waals surface area (Å²) in [6.07, 6.45) is 10.0. The van der Waals surface area contributed by atoms with E-state index in [4.69, 9.17) is 47.4 Å². The first-order chi connectivity index (χ1) is 53.1. The van der Waals surface area contributed by atoms with Crippen molar-refractivity contribution in [2.75, 3.05) is 39.0 Å². The zero-order chi connectivity index (χ0) is 75.1. The molecular formula is C88H85N3O18. The molecule has 109 heavy (non-hydrogen) atoms. The van der Waals surface area contributed by atoms with E-state index in [1.54, 1.807) is 61.5 Å². The first-order valence-electron chi connectivity index (χ1n) is 37.4. The normalized spacial score (nSPS) is 17.1. The van der Waals surface area contributed by atoms with Crippen LogP contribution in [0.3, 0.4) is 0 Å². The number of anilines is 1. The first-order valence-corrected chi connectivity index (χ1v) is 37.4. The number of fused-ring (bicyclic) bond motifs is 6. The number of rotatable bonds is 26. The van der Waals surface area contributed by atoms with Gasteiger partial charge in [0.2, 0.25) is 6.79 Å². The summed E-state index contributed by atoms with van der Waals surface area (Å²) in [5.74, 6) is -2.58. The Labute approximate surface area is 630 Å². The van der Waals surface area contributed by atoms with Gasteiger partial charge in [0.15, 0.2) is 54.3 Å². The number of esters is 1. The number of hydrogen-bond acceptors (Lipinski definition) is 16. The quantitative estimate of drug-likeness (QED) is 0.0249. The third kappa shape index (κ3) is 16.9. The monoisotopic (exact) mass is 1470 g/mol. The van der Waals surface area contributed by atoms with Crippen molar-refractivity contribution in [2.24, 2.45) is 5.92 Å². The number of benzene rings is 10. The standard InChI is InChI=1S/C88H85N3O18/c1-51(86(98)99)85(56-25-33-76-79(44-56)109-87(107-76)72-40-60(71(46-84(97)100-2)54-23-31-74-77(42-54)105-50-104-74)35-58-38-66(27-29-68(58)72)102-48-81(93)89-62-14-8-3-4-9-15-62)61-36-59-39-67(103-49-82(94)90-63-16-10-5-6-11-17-63)28-30-69(59)73(41-61)88-106-75-32-24-55(43-78(75)108-88)70(45-83(95)96)53-21-20-52-22-26-65(37-57(52)34-53)101-47-80(92)91-64-18-12-7-13-19-64/h7,12-13,18-44,51,62-63,70-71,85,87-88H,3-6,8-11,14-17,45-50H2,1-2H3,(H,89,93)(H,90,94)(H,91,92)(H,95,96)(H,98,99). The van der Waals surface area contributed by atoms with E-state index < -0.39 is 54.2 Å². The highest BCUT2D eigenvalue weighted by Crippen LogP contribution is 2.50. The van der Waals surface area contributed by atoms with Crippen molar-refractivity contribution >= 4 is 73.6 Å². The summed E-state index contributed by atoms with van der Waals surface area (Å²) in [5.41, 5.74) is 5.76. The Kier molecular flexibility index (Phi) is 21.7. The van der Waals surface area contributed by atoms with Crippen LogP contribution in [0.4, 0.5) is 5.69 Å². The van der Waals surface area contributed by atoms with Crippen molar-refractivity contribution in [3.63, 3.8) is 0 Å². The molecule has 5 aliphatic rings. The number of para-hydroxylation sites is 1. The Hall–Kier alpha value is -12.0. The molecule has 3 aliphatic heterocycles. The van der Waals surface area contributed by atoms with E-state index in [-0.39, 0.29) is 69.3 Å². The van der Waals surface area contributed by atoms with Gasteiger partial charge in [-0.05, 0) is 188 Å². The molecule has 0 radical (unpaired) electrons. The number of aliphatic carboxylic acids is 2. The largest absolute Gasteiger partial charge is 0.484 e. The van der Waals surface area contributed by atoms with Crippen LogP contribution in [-0.2, 0) is 33.5 Å². The number of carbonyl (C=O) groups excluding carboxylic acids is 4. The zero-order valence-electron chi connectivity index (χ0n) is 60.6. The van der Waals surface area contributed by atoms with Crippen LogP contribution >= 0.6 is 0 Å². The molecule has 3 amide bonds. The number of ether oxygens (including phenoxy) is 10. The van der Waals surface area contributed by atoms with Gasteiger partial charge < -0.3 is 73.5 Å². The summed E-state index contributed by atoms with van der Waals surface area (Å²) in [6, 6.07) is 55.5. The molecular weight excluding hydrogens is 1390 g/mol. The Bertz CT molecular complexity index is 5090. The maximum Gasteiger partial charge on any atom is 0.307 e. The van der Waals surface area contributed by atoms with Gasteiger partial charge in [-0.2, -0.15) is 0 Å². The van der Waals surface area contributed by atoms with E-state index in [0.717, 1.165) is 98.8 Å². The summed E-state index contributed by atoms with van der Waals surface area (Å²) in [7, 11) is 1.35. The third-order valence-electron chi connectivity index (χ3n) is 21.4. The Morgan fingerprint density at radius 2 is 0.890 bits per heavy atom. The van der Waals surface area contributed by atoms with Crippen molar-refractivity contribution in [3.05, 3.63) is 226 Å². The molecule has 0 aromatic heterocycles. The number of carboxylic acids is 2. The molecule has 0 bridgehead atoms. The lowest BCUT2D eigenvalue weighted by atomic mass is 9.80. The lowest BCUT2D eigenvalue weighted by Gasteiger charge is -2.25. The molecule has 6 atom stereocenters. The molecule has 6 unspecified atom stereocenters. The topological polar surface area (TPSA) is 271 Å². The molecule has 560 valence electrons. The van der Waals surface area contributed by atoms with Gasteiger partial charge >= 0.3 is 17.9 Å². The minimum atomic E-state index is -1.10. The summed E-state index contributed by atoms with van der Waals surface area (Å²) in [5, 5.41) is 35.2. The Morgan fingerprint density at radius 1 is 0.431 bits per heavy atom. The SMILES string of the molecule is COC(=O)CC(c1ccc2c(c1)OCO2)c1cc(C2Oc3ccc(C(c4cc(C5Oc6ccc(C(CC(=O)O)c7ccc8ccc(OCC(=O)Nc9ccccc9)cc8c7)cc6O5)c5ccc(OCC(=O)NC6CCCCCC6)cc5c4)C(C)C(=O)O)cc3O2)c2ccc(OCC(=O)NC3CCCCCC3)cc2c1. The van der Waals surface area contributed by atoms with Crippen molar-refractivity contribution in [1.82, 2.24) is 10.6 Å². The molecule has 2 aliphatic carbocycles. The third-order valence-corrected chi connectivity index (χ3v) is 21.4. The highest BCUT2D eigenvalue weighted by molar-refractivity contribution is 5.93. The van der Waals surface area contributed by atoms with Gasteiger partial charge in [-0.25, -0.2) is 0 Å². The molecule has 0 saturated heterocycles. The van der Waals surface area contributed by atoms with Gasteiger partial charge in [-0.15, -0.1) is 0 Å². The van der Waals surface area contributed by atoms with Crippen LogP contribution in [0, 0.1) is 5.92 Å². The number of carbonyl (C=O) groups is 6. The predicted octanol–water partition coefficient (Wildman–Crippen LogP) is 16.4. The summed E-state index contributed by atoms with van der Waals surface area (Å²) >= 11 is 0. The van der Waals surface area contributed by atoms with Gasteiger partial charge in [0.25, 0.3) is 30.3 Å². The van der Waals surface area contributed by atoms with Crippen LogP contribution in [0.1, 0.15) is 172 Å². The minimum Gasteiger partial charge on any atom is -0.484 e. The highest BCUT2D eigenvalue weighted by Gasteiger charge is 2.37. The molecule has 3 heterocycles. The lowest BCUT2D eigenvalue weighted by Crippen LogP contribution is -2.37. The summed E-state index contributed by atoms with van der Waals surface area (Å²) in [4.78, 5) is 79.5. The van der Waals surface area contributed by atoms with Crippen LogP contribution in [0.15, 0.2) is 182 Å². The van der Waals surface area contributed by atoms with Crippen molar-refractivity contribution < 1.29 is 86.3 Å². The summed E-state index contributed by atoms with van der Waals surface area (Å²) in [6.45, 7) is 1.06. The Morgan fingerprint density at radius 3 is 1.47 bits per heavy atom. The molecule has 5 N–H and O–H groups in total. The predicted molar refractivity (Wildman–Crippen MR) is 407 cm³/mol. The maximum absolute atomic E-state index is 13.7. The van der Waals surface area contributed by atoms with E-state index in [0.29, 0.717) is 113 Å². The molecule has 15 rings (SSSR count). The fourth-order valence-electron chi connectivity index (χ4n) is 15.8. The number of methoxy groups -OCH3 is 1. The zero-order valence-corrected chi connectivity index (χ0v) is 60.6. The average Bonchev–Trinajstić information content (AvgIpc) is 1.75. The number of amides is 3. The van der Waals surface area contributed by atoms with Gasteiger partial charge in [-0.1, -0.05) is 143 Å².